The molecule has 2 bridgehead atoms. The van der Waals surface area contributed by atoms with Crippen LogP contribution in [0.4, 0.5) is 0 Å². The lowest BCUT2D eigenvalue weighted by atomic mass is 9.86. The lowest BCUT2D eigenvalue weighted by molar-refractivity contribution is -0.211. The Hall–Kier alpha value is -0.120. The Balaban J connectivity index is 2.21. The highest BCUT2D eigenvalue weighted by Gasteiger charge is 2.64. The van der Waals surface area contributed by atoms with Crippen molar-refractivity contribution >= 4 is 0 Å². The van der Waals surface area contributed by atoms with Crippen molar-refractivity contribution < 1.29 is 14.6 Å². The number of hydrogen-bond donors (Lipinski definition) is 1. The molecule has 2 fully saturated rings. The van der Waals surface area contributed by atoms with Gasteiger partial charge in [0.1, 0.15) is 0 Å². The number of aliphatic hydroxyl groups excluding tert-OH is 1. The molecule has 2 aliphatic rings. The predicted molar refractivity (Wildman–Crippen MR) is 48.3 cm³/mol. The molecule has 1 saturated carbocycles. The van der Waals surface area contributed by atoms with Crippen LogP contribution in [0.15, 0.2) is 0 Å². The second-order valence-electron chi connectivity index (χ2n) is 4.63. The molecule has 0 amide bonds. The van der Waals surface area contributed by atoms with Gasteiger partial charge in [0.05, 0.1) is 11.7 Å². The number of ether oxygens (including phenoxy) is 2. The fraction of sp³-hybridized carbons (Fsp3) is 1.00. The van der Waals surface area contributed by atoms with Gasteiger partial charge in [-0.25, -0.2) is 0 Å². The summed E-state index contributed by atoms with van der Waals surface area (Å²) in [6, 6.07) is 0. The van der Waals surface area contributed by atoms with Crippen molar-refractivity contribution in [3.8, 4) is 0 Å². The Morgan fingerprint density at radius 3 is 2.54 bits per heavy atom. The van der Waals surface area contributed by atoms with Crippen LogP contribution in [0.2, 0.25) is 0 Å². The van der Waals surface area contributed by atoms with E-state index in [1.165, 1.54) is 0 Å². The van der Waals surface area contributed by atoms with E-state index < -0.39 is 0 Å². The fourth-order valence-corrected chi connectivity index (χ4v) is 2.61. The van der Waals surface area contributed by atoms with Crippen LogP contribution in [0.1, 0.15) is 33.6 Å². The molecule has 4 atom stereocenters. The molecule has 1 heterocycles. The Bertz CT molecular complexity index is 218. The van der Waals surface area contributed by atoms with E-state index >= 15 is 0 Å². The van der Waals surface area contributed by atoms with Gasteiger partial charge >= 0.3 is 0 Å². The Kier molecular flexibility index (Phi) is 1.95. The van der Waals surface area contributed by atoms with Crippen molar-refractivity contribution in [1.82, 2.24) is 0 Å². The molecule has 1 saturated heterocycles. The minimum absolute atomic E-state index is 0.190. The van der Waals surface area contributed by atoms with Crippen LogP contribution in [0.5, 0.6) is 0 Å². The zero-order chi connectivity index (χ0) is 9.69. The van der Waals surface area contributed by atoms with Crippen LogP contribution in [0.3, 0.4) is 0 Å². The summed E-state index contributed by atoms with van der Waals surface area (Å²) in [6.07, 6.45) is 1.34. The summed E-state index contributed by atoms with van der Waals surface area (Å²) in [5.74, 6) is 0. The van der Waals surface area contributed by atoms with Crippen molar-refractivity contribution in [2.24, 2.45) is 5.41 Å². The van der Waals surface area contributed by atoms with Gasteiger partial charge in [-0.2, -0.15) is 0 Å². The van der Waals surface area contributed by atoms with E-state index in [9.17, 15) is 5.11 Å². The van der Waals surface area contributed by atoms with Crippen LogP contribution in [0, 0.1) is 5.41 Å². The van der Waals surface area contributed by atoms with E-state index in [0.29, 0.717) is 6.61 Å². The van der Waals surface area contributed by atoms with Gasteiger partial charge in [0.2, 0.25) is 0 Å². The molecule has 2 rings (SSSR count). The van der Waals surface area contributed by atoms with E-state index in [0.717, 1.165) is 12.8 Å². The average molecular weight is 186 g/mol. The highest BCUT2D eigenvalue weighted by Crippen LogP contribution is 2.56. The molecule has 3 heteroatoms. The molecular formula is C10H18O3. The highest BCUT2D eigenvalue weighted by molar-refractivity contribution is 5.10. The minimum atomic E-state index is -0.378. The maximum absolute atomic E-state index is 10.0. The third-order valence-electron chi connectivity index (χ3n) is 3.60. The summed E-state index contributed by atoms with van der Waals surface area (Å²) in [4.78, 5) is 0. The SMILES string of the molecule is CCOC1OC2(C)CCC1(C)C2O. The van der Waals surface area contributed by atoms with Crippen molar-refractivity contribution in [1.29, 1.82) is 0 Å². The molecule has 0 aromatic carbocycles. The quantitative estimate of drug-likeness (QED) is 0.706. The molecule has 3 nitrogen and oxygen atoms in total. The van der Waals surface area contributed by atoms with Gasteiger partial charge in [0.15, 0.2) is 6.29 Å². The normalized spacial score (nSPS) is 54.5. The molecular weight excluding hydrogens is 168 g/mol. The van der Waals surface area contributed by atoms with Gasteiger partial charge in [-0.1, -0.05) is 6.92 Å². The van der Waals surface area contributed by atoms with Crippen LogP contribution < -0.4 is 0 Å². The maximum Gasteiger partial charge on any atom is 0.166 e. The zero-order valence-corrected chi connectivity index (χ0v) is 8.54. The second kappa shape index (κ2) is 2.69. The first kappa shape index (κ1) is 9.44. The summed E-state index contributed by atoms with van der Waals surface area (Å²) in [5.41, 5.74) is -0.556. The molecule has 0 radical (unpaired) electrons. The summed E-state index contributed by atoms with van der Waals surface area (Å²) < 4.78 is 11.2. The van der Waals surface area contributed by atoms with Crippen molar-refractivity contribution in [3.05, 3.63) is 0 Å². The molecule has 76 valence electrons. The summed E-state index contributed by atoms with van der Waals surface area (Å²) in [6.45, 7) is 6.62. The zero-order valence-electron chi connectivity index (χ0n) is 8.54. The number of aliphatic hydroxyl groups is 1. The molecule has 1 aliphatic heterocycles. The lowest BCUT2D eigenvalue weighted by Crippen LogP contribution is -2.36. The van der Waals surface area contributed by atoms with Crippen molar-refractivity contribution in [3.63, 3.8) is 0 Å². The van der Waals surface area contributed by atoms with Crippen molar-refractivity contribution in [2.45, 2.75) is 51.6 Å². The first-order valence-corrected chi connectivity index (χ1v) is 5.00. The molecule has 0 spiro atoms. The van der Waals surface area contributed by atoms with Gasteiger partial charge in [0.25, 0.3) is 0 Å². The van der Waals surface area contributed by atoms with E-state index in [1.807, 2.05) is 13.8 Å². The molecule has 0 aromatic rings. The van der Waals surface area contributed by atoms with E-state index in [2.05, 4.69) is 6.92 Å². The molecule has 13 heavy (non-hydrogen) atoms. The Labute approximate surface area is 79.0 Å². The minimum Gasteiger partial charge on any atom is -0.389 e. The number of hydrogen-bond acceptors (Lipinski definition) is 3. The van der Waals surface area contributed by atoms with Crippen LogP contribution >= 0.6 is 0 Å². The second-order valence-corrected chi connectivity index (χ2v) is 4.63. The molecule has 1 N–H and O–H groups in total. The van der Waals surface area contributed by atoms with Gasteiger partial charge in [0, 0.05) is 12.0 Å². The predicted octanol–water partition coefficient (Wildman–Crippen LogP) is 1.30. The van der Waals surface area contributed by atoms with Crippen molar-refractivity contribution in [2.75, 3.05) is 6.61 Å². The van der Waals surface area contributed by atoms with Crippen LogP contribution in [-0.2, 0) is 9.47 Å². The lowest BCUT2D eigenvalue weighted by Gasteiger charge is -2.31. The molecule has 1 aliphatic carbocycles. The number of rotatable bonds is 2. The highest BCUT2D eigenvalue weighted by atomic mass is 16.7. The van der Waals surface area contributed by atoms with Gasteiger partial charge < -0.3 is 14.6 Å². The topological polar surface area (TPSA) is 38.7 Å². The van der Waals surface area contributed by atoms with Gasteiger partial charge in [-0.05, 0) is 26.7 Å². The van der Waals surface area contributed by atoms with E-state index in [1.54, 1.807) is 0 Å². The maximum atomic E-state index is 10.0. The largest absolute Gasteiger partial charge is 0.389 e. The van der Waals surface area contributed by atoms with E-state index in [-0.39, 0.29) is 23.4 Å². The monoisotopic (exact) mass is 186 g/mol. The Morgan fingerprint density at radius 2 is 2.15 bits per heavy atom. The first-order valence-electron chi connectivity index (χ1n) is 5.00. The fourth-order valence-electron chi connectivity index (χ4n) is 2.61. The smallest absolute Gasteiger partial charge is 0.166 e. The third-order valence-corrected chi connectivity index (χ3v) is 3.60. The molecule has 0 aromatic heterocycles. The van der Waals surface area contributed by atoms with Gasteiger partial charge in [-0.15, -0.1) is 0 Å². The van der Waals surface area contributed by atoms with Gasteiger partial charge in [-0.3, -0.25) is 0 Å². The standard InChI is InChI=1S/C10H18O3/c1-4-12-8-9(2)5-6-10(3,13-8)7(9)11/h7-8,11H,4-6H2,1-3H3. The molecule has 4 unspecified atom stereocenters. The van der Waals surface area contributed by atoms with Crippen LogP contribution in [0.25, 0.3) is 0 Å². The Morgan fingerprint density at radius 1 is 1.46 bits per heavy atom. The summed E-state index contributed by atoms with van der Waals surface area (Å²) in [5, 5.41) is 10.0. The number of fused-ring (bicyclic) bond motifs is 2. The summed E-state index contributed by atoms with van der Waals surface area (Å²) >= 11 is 0. The van der Waals surface area contributed by atoms with Crippen LogP contribution in [-0.4, -0.2) is 29.7 Å². The first-order chi connectivity index (χ1) is 6.03. The summed E-state index contributed by atoms with van der Waals surface area (Å²) in [7, 11) is 0. The third kappa shape index (κ3) is 1.07. The van der Waals surface area contributed by atoms with E-state index in [4.69, 9.17) is 9.47 Å². The average Bonchev–Trinajstić information content (AvgIpc) is 2.40.